The molecular formula is C25H25N3O5. The summed E-state index contributed by atoms with van der Waals surface area (Å²) in [5, 5.41) is 3.72. The van der Waals surface area contributed by atoms with Crippen LogP contribution >= 0.6 is 0 Å². The number of oxime groups is 1. The highest BCUT2D eigenvalue weighted by molar-refractivity contribution is 5.98. The van der Waals surface area contributed by atoms with Crippen LogP contribution in [-0.2, 0) is 16.2 Å². The first kappa shape index (κ1) is 23.3. The third-order valence-electron chi connectivity index (χ3n) is 4.66. The van der Waals surface area contributed by atoms with Crippen molar-refractivity contribution in [3.63, 3.8) is 0 Å². The molecule has 0 heterocycles. The minimum atomic E-state index is -0.645. The summed E-state index contributed by atoms with van der Waals surface area (Å²) >= 11 is 0. The molecule has 3 aromatic carbocycles. The Balaban J connectivity index is 1.60. The molecule has 0 saturated heterocycles. The maximum atomic E-state index is 12.4. The standard InChI is InChI=1S/C25H25N3O5/c1-16-6-7-17(2)22(12-16)32-14-18-4-3-5-20(13-18)25(30)33-28-24(27)19-8-10-21(11-9-19)31-15-23(26)29/h3-13H,14-15H2,1-2H3,(H2,26,29)(H2,27,28). The Morgan fingerprint density at radius 3 is 2.36 bits per heavy atom. The minimum absolute atomic E-state index is 0.0132. The van der Waals surface area contributed by atoms with Gasteiger partial charge in [0.25, 0.3) is 5.91 Å². The Morgan fingerprint density at radius 2 is 1.64 bits per heavy atom. The van der Waals surface area contributed by atoms with Gasteiger partial charge in [-0.15, -0.1) is 0 Å². The summed E-state index contributed by atoms with van der Waals surface area (Å²) in [6.07, 6.45) is 0. The third kappa shape index (κ3) is 6.83. The smallest absolute Gasteiger partial charge is 0.365 e. The second kappa shape index (κ2) is 10.8. The molecule has 0 aliphatic heterocycles. The zero-order valence-corrected chi connectivity index (χ0v) is 18.4. The number of ether oxygens (including phenoxy) is 2. The van der Waals surface area contributed by atoms with Crippen LogP contribution in [0, 0.1) is 13.8 Å². The number of primary amides is 1. The van der Waals surface area contributed by atoms with Crippen molar-refractivity contribution >= 4 is 17.7 Å². The van der Waals surface area contributed by atoms with Gasteiger partial charge in [0.15, 0.2) is 12.4 Å². The second-order valence-electron chi connectivity index (χ2n) is 7.39. The fourth-order valence-electron chi connectivity index (χ4n) is 2.88. The van der Waals surface area contributed by atoms with Crippen molar-refractivity contribution in [3.8, 4) is 11.5 Å². The molecule has 3 rings (SSSR count). The molecule has 4 N–H and O–H groups in total. The number of carbonyl (C=O) groups excluding carboxylic acids is 2. The topological polar surface area (TPSA) is 126 Å². The van der Waals surface area contributed by atoms with Gasteiger partial charge in [0.05, 0.1) is 5.56 Å². The lowest BCUT2D eigenvalue weighted by Gasteiger charge is -2.10. The molecule has 0 saturated carbocycles. The molecule has 170 valence electrons. The average Bonchev–Trinajstić information content (AvgIpc) is 2.82. The SMILES string of the molecule is Cc1ccc(C)c(OCc2cccc(C(=O)O/N=C(\N)c3ccc(OCC(N)=O)cc3)c2)c1. The van der Waals surface area contributed by atoms with Crippen molar-refractivity contribution < 1.29 is 23.9 Å². The highest BCUT2D eigenvalue weighted by Gasteiger charge is 2.10. The predicted molar refractivity (Wildman–Crippen MR) is 124 cm³/mol. The van der Waals surface area contributed by atoms with Gasteiger partial charge >= 0.3 is 5.97 Å². The first-order valence-corrected chi connectivity index (χ1v) is 10.2. The molecule has 0 atom stereocenters. The fraction of sp³-hybridized carbons (Fsp3) is 0.160. The second-order valence-corrected chi connectivity index (χ2v) is 7.39. The van der Waals surface area contributed by atoms with Crippen LogP contribution in [0.2, 0.25) is 0 Å². The van der Waals surface area contributed by atoms with Crippen LogP contribution in [0.4, 0.5) is 0 Å². The third-order valence-corrected chi connectivity index (χ3v) is 4.66. The van der Waals surface area contributed by atoms with Crippen LogP contribution in [0.15, 0.2) is 71.9 Å². The molecule has 3 aromatic rings. The van der Waals surface area contributed by atoms with E-state index in [0.717, 1.165) is 22.4 Å². The van der Waals surface area contributed by atoms with Crippen molar-refractivity contribution in [2.75, 3.05) is 6.61 Å². The van der Waals surface area contributed by atoms with Crippen molar-refractivity contribution in [2.24, 2.45) is 16.6 Å². The number of carbonyl (C=O) groups is 2. The molecule has 0 spiro atoms. The van der Waals surface area contributed by atoms with E-state index in [-0.39, 0.29) is 12.4 Å². The fourth-order valence-corrected chi connectivity index (χ4v) is 2.88. The van der Waals surface area contributed by atoms with Gasteiger partial charge in [0.2, 0.25) is 0 Å². The molecule has 1 amide bonds. The minimum Gasteiger partial charge on any atom is -0.489 e. The van der Waals surface area contributed by atoms with Crippen LogP contribution in [0.5, 0.6) is 11.5 Å². The summed E-state index contributed by atoms with van der Waals surface area (Å²) in [6.45, 7) is 4.06. The normalized spacial score (nSPS) is 11.0. The number of benzene rings is 3. The Morgan fingerprint density at radius 1 is 0.879 bits per heavy atom. The maximum absolute atomic E-state index is 12.4. The Bertz CT molecular complexity index is 1170. The maximum Gasteiger partial charge on any atom is 0.365 e. The molecule has 0 fully saturated rings. The number of hydrogen-bond acceptors (Lipinski definition) is 6. The summed E-state index contributed by atoms with van der Waals surface area (Å²) in [5.41, 5.74) is 14.7. The molecule has 0 aliphatic carbocycles. The van der Waals surface area contributed by atoms with Gasteiger partial charge in [-0.25, -0.2) is 4.79 Å². The largest absolute Gasteiger partial charge is 0.489 e. The lowest BCUT2D eigenvalue weighted by Crippen LogP contribution is -2.20. The molecule has 33 heavy (non-hydrogen) atoms. The Labute approximate surface area is 191 Å². The number of nitrogens with zero attached hydrogens (tertiary/aromatic N) is 1. The van der Waals surface area contributed by atoms with Gasteiger partial charge < -0.3 is 25.8 Å². The molecule has 8 heteroatoms. The number of aryl methyl sites for hydroxylation is 2. The van der Waals surface area contributed by atoms with E-state index in [2.05, 4.69) is 5.16 Å². The first-order chi connectivity index (χ1) is 15.8. The van der Waals surface area contributed by atoms with Gasteiger partial charge in [0, 0.05) is 5.56 Å². The summed E-state index contributed by atoms with van der Waals surface area (Å²) in [4.78, 5) is 28.2. The summed E-state index contributed by atoms with van der Waals surface area (Å²) in [7, 11) is 0. The van der Waals surface area contributed by atoms with E-state index in [4.69, 9.17) is 25.8 Å². The molecule has 0 aliphatic rings. The van der Waals surface area contributed by atoms with Crippen molar-refractivity contribution in [1.82, 2.24) is 0 Å². The van der Waals surface area contributed by atoms with Crippen molar-refractivity contribution in [1.29, 1.82) is 0 Å². The summed E-state index contributed by atoms with van der Waals surface area (Å²) < 4.78 is 11.1. The van der Waals surface area contributed by atoms with E-state index in [9.17, 15) is 9.59 Å². The van der Waals surface area contributed by atoms with Crippen LogP contribution in [0.1, 0.15) is 32.6 Å². The average molecular weight is 447 g/mol. The van der Waals surface area contributed by atoms with Crippen molar-refractivity contribution in [3.05, 3.63) is 94.5 Å². The van der Waals surface area contributed by atoms with E-state index in [0.29, 0.717) is 23.5 Å². The van der Waals surface area contributed by atoms with Gasteiger partial charge in [-0.2, -0.15) is 0 Å². The molecule has 0 unspecified atom stereocenters. The van der Waals surface area contributed by atoms with E-state index in [1.165, 1.54) is 0 Å². The van der Waals surface area contributed by atoms with Crippen LogP contribution in [0.3, 0.4) is 0 Å². The molecule has 0 bridgehead atoms. The van der Waals surface area contributed by atoms with E-state index >= 15 is 0 Å². The monoisotopic (exact) mass is 447 g/mol. The number of nitrogens with two attached hydrogens (primary N) is 2. The lowest BCUT2D eigenvalue weighted by molar-refractivity contribution is -0.119. The van der Waals surface area contributed by atoms with Crippen LogP contribution < -0.4 is 20.9 Å². The van der Waals surface area contributed by atoms with Gasteiger partial charge in [-0.1, -0.05) is 29.4 Å². The Hall–Kier alpha value is -4.33. The van der Waals surface area contributed by atoms with E-state index in [1.54, 1.807) is 42.5 Å². The van der Waals surface area contributed by atoms with Gasteiger partial charge in [0.1, 0.15) is 18.1 Å². The zero-order chi connectivity index (χ0) is 23.8. The number of amides is 1. The van der Waals surface area contributed by atoms with E-state index in [1.807, 2.05) is 38.1 Å². The van der Waals surface area contributed by atoms with Crippen LogP contribution in [0.25, 0.3) is 0 Å². The van der Waals surface area contributed by atoms with Crippen LogP contribution in [-0.4, -0.2) is 24.3 Å². The Kier molecular flexibility index (Phi) is 7.64. The molecule has 0 radical (unpaired) electrons. The molecule has 8 nitrogen and oxygen atoms in total. The molecular weight excluding hydrogens is 422 g/mol. The number of hydrogen-bond donors (Lipinski definition) is 2. The zero-order valence-electron chi connectivity index (χ0n) is 18.4. The highest BCUT2D eigenvalue weighted by Crippen LogP contribution is 2.21. The number of rotatable bonds is 9. The number of amidine groups is 1. The van der Waals surface area contributed by atoms with Crippen molar-refractivity contribution in [2.45, 2.75) is 20.5 Å². The predicted octanol–water partition coefficient (Wildman–Crippen LogP) is 3.22. The highest BCUT2D eigenvalue weighted by atomic mass is 16.7. The van der Waals surface area contributed by atoms with Gasteiger partial charge in [-0.05, 0) is 73.0 Å². The first-order valence-electron chi connectivity index (χ1n) is 10.2. The summed E-state index contributed by atoms with van der Waals surface area (Å²) in [5.74, 6) is 0.0359. The van der Waals surface area contributed by atoms with E-state index < -0.39 is 11.9 Å². The quantitative estimate of drug-likeness (QED) is 0.224. The summed E-state index contributed by atoms with van der Waals surface area (Å²) in [6, 6.07) is 19.4. The lowest BCUT2D eigenvalue weighted by atomic mass is 10.1. The molecule has 0 aromatic heterocycles. The van der Waals surface area contributed by atoms with Gasteiger partial charge in [-0.3, -0.25) is 4.79 Å².